The van der Waals surface area contributed by atoms with Crippen LogP contribution in [0.25, 0.3) is 0 Å². The van der Waals surface area contributed by atoms with Crippen LogP contribution in [0.15, 0.2) is 24.3 Å². The number of methoxy groups -OCH3 is 1. The number of likely N-dealkylation sites (tertiary alicyclic amines) is 1. The summed E-state index contributed by atoms with van der Waals surface area (Å²) in [4.78, 5) is 26.2. The highest BCUT2D eigenvalue weighted by Crippen LogP contribution is 2.29. The second-order valence-electron chi connectivity index (χ2n) is 6.38. The van der Waals surface area contributed by atoms with E-state index < -0.39 is 0 Å². The van der Waals surface area contributed by atoms with Crippen LogP contribution in [0.1, 0.15) is 39.1 Å². The first-order valence-electron chi connectivity index (χ1n) is 8.55. The standard InChI is InChI=1S/C18H22N4O3S/c1-12-5-7-14(8-6-12)19-16(24)18-21-20-17(26-18)13-4-3-9-22(10-13)15(23)11-25-2/h5-8,13H,3-4,9-11H2,1-2H3,(H,19,24)/t13-/m1/s1. The van der Waals surface area contributed by atoms with Crippen LogP contribution in [0.4, 0.5) is 5.69 Å². The average Bonchev–Trinajstić information content (AvgIpc) is 3.14. The molecule has 0 aliphatic carbocycles. The molecule has 0 unspecified atom stereocenters. The zero-order valence-electron chi connectivity index (χ0n) is 14.9. The Labute approximate surface area is 156 Å². The Bertz CT molecular complexity index is 775. The summed E-state index contributed by atoms with van der Waals surface area (Å²) >= 11 is 1.29. The average molecular weight is 374 g/mol. The van der Waals surface area contributed by atoms with E-state index in [1.807, 2.05) is 31.2 Å². The molecule has 1 aliphatic heterocycles. The molecule has 7 nitrogen and oxygen atoms in total. The fourth-order valence-electron chi connectivity index (χ4n) is 2.93. The van der Waals surface area contributed by atoms with Gasteiger partial charge < -0.3 is 15.0 Å². The Morgan fingerprint density at radius 3 is 2.81 bits per heavy atom. The van der Waals surface area contributed by atoms with Crippen LogP contribution >= 0.6 is 11.3 Å². The lowest BCUT2D eigenvalue weighted by Gasteiger charge is -2.31. The van der Waals surface area contributed by atoms with E-state index in [-0.39, 0.29) is 24.3 Å². The number of hydrogen-bond donors (Lipinski definition) is 1. The molecule has 1 saturated heterocycles. The van der Waals surface area contributed by atoms with E-state index in [0.29, 0.717) is 11.6 Å². The lowest BCUT2D eigenvalue weighted by atomic mass is 9.99. The van der Waals surface area contributed by atoms with Crippen molar-refractivity contribution in [3.8, 4) is 0 Å². The fraction of sp³-hybridized carbons (Fsp3) is 0.444. The summed E-state index contributed by atoms with van der Waals surface area (Å²) in [6, 6.07) is 7.59. The molecule has 1 aromatic heterocycles. The first kappa shape index (κ1) is 18.5. The van der Waals surface area contributed by atoms with Crippen LogP contribution < -0.4 is 5.32 Å². The first-order valence-corrected chi connectivity index (χ1v) is 9.36. The summed E-state index contributed by atoms with van der Waals surface area (Å²) in [7, 11) is 1.52. The first-order chi connectivity index (χ1) is 12.6. The molecular weight excluding hydrogens is 352 g/mol. The van der Waals surface area contributed by atoms with Gasteiger partial charge in [0.25, 0.3) is 5.91 Å². The van der Waals surface area contributed by atoms with Crippen molar-refractivity contribution in [3.63, 3.8) is 0 Å². The number of carbonyl (C=O) groups excluding carboxylic acids is 2. The number of aromatic nitrogens is 2. The molecule has 1 aromatic carbocycles. The monoisotopic (exact) mass is 374 g/mol. The summed E-state index contributed by atoms with van der Waals surface area (Å²) < 4.78 is 4.93. The lowest BCUT2D eigenvalue weighted by Crippen LogP contribution is -2.40. The predicted molar refractivity (Wildman–Crippen MR) is 99.5 cm³/mol. The molecule has 1 fully saturated rings. The van der Waals surface area contributed by atoms with E-state index in [4.69, 9.17) is 4.74 Å². The SMILES string of the molecule is COCC(=O)N1CCC[C@@H](c2nnc(C(=O)Nc3ccc(C)cc3)s2)C1. The number of benzene rings is 1. The highest BCUT2D eigenvalue weighted by Gasteiger charge is 2.27. The number of rotatable bonds is 5. The second-order valence-corrected chi connectivity index (χ2v) is 7.39. The van der Waals surface area contributed by atoms with E-state index in [2.05, 4.69) is 15.5 Å². The third-order valence-corrected chi connectivity index (χ3v) is 5.42. The smallest absolute Gasteiger partial charge is 0.286 e. The molecule has 2 amide bonds. The van der Waals surface area contributed by atoms with Gasteiger partial charge in [0.2, 0.25) is 10.9 Å². The quantitative estimate of drug-likeness (QED) is 0.869. The zero-order valence-corrected chi connectivity index (χ0v) is 15.7. The lowest BCUT2D eigenvalue weighted by molar-refractivity contribution is -0.136. The Morgan fingerprint density at radius 1 is 1.31 bits per heavy atom. The minimum Gasteiger partial charge on any atom is -0.375 e. The van der Waals surface area contributed by atoms with Crippen LogP contribution in [-0.2, 0) is 9.53 Å². The van der Waals surface area contributed by atoms with Gasteiger partial charge in [0, 0.05) is 31.8 Å². The molecule has 0 spiro atoms. The summed E-state index contributed by atoms with van der Waals surface area (Å²) in [6.07, 6.45) is 1.84. The number of nitrogens with zero attached hydrogens (tertiary/aromatic N) is 3. The minimum absolute atomic E-state index is 0.0148. The number of nitrogens with one attached hydrogen (secondary N) is 1. The van der Waals surface area contributed by atoms with Crippen molar-refractivity contribution in [1.82, 2.24) is 15.1 Å². The van der Waals surface area contributed by atoms with Crippen molar-refractivity contribution in [2.45, 2.75) is 25.7 Å². The van der Waals surface area contributed by atoms with Gasteiger partial charge in [-0.2, -0.15) is 0 Å². The van der Waals surface area contributed by atoms with Crippen molar-refractivity contribution >= 4 is 28.8 Å². The van der Waals surface area contributed by atoms with Gasteiger partial charge in [-0.15, -0.1) is 10.2 Å². The van der Waals surface area contributed by atoms with Crippen molar-refractivity contribution in [2.24, 2.45) is 0 Å². The predicted octanol–water partition coefficient (Wildman–Crippen LogP) is 2.45. The van der Waals surface area contributed by atoms with Gasteiger partial charge in [-0.3, -0.25) is 9.59 Å². The topological polar surface area (TPSA) is 84.4 Å². The third-order valence-electron chi connectivity index (χ3n) is 4.34. The molecule has 2 aromatic rings. The van der Waals surface area contributed by atoms with Gasteiger partial charge in [-0.1, -0.05) is 29.0 Å². The van der Waals surface area contributed by atoms with Gasteiger partial charge in [-0.25, -0.2) is 0 Å². The van der Waals surface area contributed by atoms with Crippen molar-refractivity contribution in [2.75, 3.05) is 32.1 Å². The fourth-order valence-corrected chi connectivity index (χ4v) is 3.80. The van der Waals surface area contributed by atoms with Crippen LogP contribution in [0.5, 0.6) is 0 Å². The number of piperidine rings is 1. The second kappa shape index (κ2) is 8.37. The zero-order chi connectivity index (χ0) is 18.5. The third kappa shape index (κ3) is 4.44. The van der Waals surface area contributed by atoms with Crippen molar-refractivity contribution < 1.29 is 14.3 Å². The summed E-state index contributed by atoms with van der Waals surface area (Å²) in [5, 5.41) is 12.2. The summed E-state index contributed by atoms with van der Waals surface area (Å²) in [6.45, 7) is 3.41. The Morgan fingerprint density at radius 2 is 2.08 bits per heavy atom. The van der Waals surface area contributed by atoms with Crippen LogP contribution in [0, 0.1) is 6.92 Å². The maximum Gasteiger partial charge on any atom is 0.286 e. The molecule has 26 heavy (non-hydrogen) atoms. The van der Waals surface area contributed by atoms with E-state index in [1.165, 1.54) is 18.4 Å². The maximum atomic E-state index is 12.4. The largest absolute Gasteiger partial charge is 0.375 e. The Balaban J connectivity index is 1.64. The molecule has 138 valence electrons. The van der Waals surface area contributed by atoms with E-state index >= 15 is 0 Å². The molecule has 1 aliphatic rings. The van der Waals surface area contributed by atoms with Crippen LogP contribution in [0.3, 0.4) is 0 Å². The highest BCUT2D eigenvalue weighted by molar-refractivity contribution is 7.13. The number of anilines is 1. The molecule has 0 saturated carbocycles. The van der Waals surface area contributed by atoms with E-state index in [9.17, 15) is 9.59 Å². The number of aryl methyl sites for hydroxylation is 1. The van der Waals surface area contributed by atoms with Gasteiger partial charge >= 0.3 is 0 Å². The molecule has 0 radical (unpaired) electrons. The van der Waals surface area contributed by atoms with Crippen molar-refractivity contribution in [1.29, 1.82) is 0 Å². The highest BCUT2D eigenvalue weighted by atomic mass is 32.1. The Hall–Kier alpha value is -2.32. The molecule has 8 heteroatoms. The molecule has 1 atom stereocenters. The number of carbonyl (C=O) groups is 2. The minimum atomic E-state index is -0.263. The maximum absolute atomic E-state index is 12.4. The van der Waals surface area contributed by atoms with Gasteiger partial charge in [0.1, 0.15) is 11.6 Å². The van der Waals surface area contributed by atoms with E-state index in [0.717, 1.165) is 35.6 Å². The van der Waals surface area contributed by atoms with Crippen molar-refractivity contribution in [3.05, 3.63) is 39.8 Å². The molecule has 2 heterocycles. The molecule has 1 N–H and O–H groups in total. The number of ether oxygens (including phenoxy) is 1. The van der Waals surface area contributed by atoms with Gasteiger partial charge in [0.05, 0.1) is 0 Å². The van der Waals surface area contributed by atoms with Crippen LogP contribution in [-0.4, -0.2) is 53.7 Å². The van der Waals surface area contributed by atoms with E-state index in [1.54, 1.807) is 4.90 Å². The van der Waals surface area contributed by atoms with Crippen LogP contribution in [0.2, 0.25) is 0 Å². The summed E-state index contributed by atoms with van der Waals surface area (Å²) in [5.41, 5.74) is 1.86. The normalized spacial score (nSPS) is 17.2. The molecule has 3 rings (SSSR count). The number of hydrogen-bond acceptors (Lipinski definition) is 6. The molecule has 0 bridgehead atoms. The number of amides is 2. The summed E-state index contributed by atoms with van der Waals surface area (Å²) in [5.74, 6) is -0.164. The van der Waals surface area contributed by atoms with Gasteiger partial charge in [0.15, 0.2) is 0 Å². The van der Waals surface area contributed by atoms with Gasteiger partial charge in [-0.05, 0) is 31.9 Å². The Kier molecular flexibility index (Phi) is 5.95. The molecular formula is C18H22N4O3S.